The minimum Gasteiger partial charge on any atom is -0.497 e. The predicted molar refractivity (Wildman–Crippen MR) is 140 cm³/mol. The van der Waals surface area contributed by atoms with Gasteiger partial charge in [0, 0.05) is 49.2 Å². The Kier molecular flexibility index (Phi) is 7.63. The van der Waals surface area contributed by atoms with Gasteiger partial charge >= 0.3 is 0 Å². The van der Waals surface area contributed by atoms with E-state index in [9.17, 15) is 9.59 Å². The maximum Gasteiger partial charge on any atom is 0.259 e. The van der Waals surface area contributed by atoms with E-state index < -0.39 is 0 Å². The third kappa shape index (κ3) is 5.38. The number of nitrogens with zero attached hydrogens (tertiary/aromatic N) is 2. The molecule has 4 rings (SSSR count). The highest BCUT2D eigenvalue weighted by molar-refractivity contribution is 6.06. The second-order valence-electron chi connectivity index (χ2n) is 8.54. The first-order valence-corrected chi connectivity index (χ1v) is 11.8. The van der Waals surface area contributed by atoms with E-state index in [1.54, 1.807) is 45.6 Å². The zero-order valence-corrected chi connectivity index (χ0v) is 21.0. The van der Waals surface area contributed by atoms with Crippen molar-refractivity contribution in [1.82, 2.24) is 4.90 Å². The van der Waals surface area contributed by atoms with Crippen molar-refractivity contribution in [2.75, 3.05) is 57.7 Å². The van der Waals surface area contributed by atoms with Crippen LogP contribution in [-0.4, -0.2) is 64.2 Å². The summed E-state index contributed by atoms with van der Waals surface area (Å²) >= 11 is 0. The van der Waals surface area contributed by atoms with Crippen LogP contribution in [0.3, 0.4) is 0 Å². The van der Waals surface area contributed by atoms with E-state index in [2.05, 4.69) is 10.2 Å². The maximum atomic E-state index is 13.1. The molecule has 3 aromatic rings. The Morgan fingerprint density at radius 2 is 1.44 bits per heavy atom. The molecule has 0 aliphatic carbocycles. The molecular formula is C28H31N3O5. The Morgan fingerprint density at radius 1 is 0.806 bits per heavy atom. The van der Waals surface area contributed by atoms with Crippen LogP contribution in [0.15, 0.2) is 60.7 Å². The molecule has 0 radical (unpaired) electrons. The summed E-state index contributed by atoms with van der Waals surface area (Å²) in [5.74, 6) is 1.49. The highest BCUT2D eigenvalue weighted by atomic mass is 16.5. The predicted octanol–water partition coefficient (Wildman–Crippen LogP) is 4.24. The van der Waals surface area contributed by atoms with Crippen LogP contribution in [0.4, 0.5) is 11.4 Å². The number of ether oxygens (including phenoxy) is 3. The lowest BCUT2D eigenvalue weighted by Crippen LogP contribution is -2.48. The lowest BCUT2D eigenvalue weighted by molar-refractivity contribution is 0.0746. The number of methoxy groups -OCH3 is 3. The number of carbonyl (C=O) groups is 2. The van der Waals surface area contributed by atoms with Gasteiger partial charge in [-0.3, -0.25) is 9.59 Å². The van der Waals surface area contributed by atoms with Crippen molar-refractivity contribution in [3.05, 3.63) is 77.4 Å². The SMILES string of the molecule is COc1cc(OC)cc(C(=O)N2CCN(c3ccc(NC(=O)c4cccc(C)c4OC)cc3)CC2)c1. The fourth-order valence-electron chi connectivity index (χ4n) is 4.34. The molecule has 1 heterocycles. The van der Waals surface area contributed by atoms with Crippen LogP contribution in [0.1, 0.15) is 26.3 Å². The summed E-state index contributed by atoms with van der Waals surface area (Å²) in [6.07, 6.45) is 0. The Hall–Kier alpha value is -4.20. The molecule has 1 fully saturated rings. The minimum absolute atomic E-state index is 0.0449. The van der Waals surface area contributed by atoms with E-state index in [4.69, 9.17) is 14.2 Å². The molecule has 1 N–H and O–H groups in total. The van der Waals surface area contributed by atoms with Crippen LogP contribution in [-0.2, 0) is 0 Å². The molecule has 8 nitrogen and oxygen atoms in total. The number of aryl methyl sites for hydroxylation is 1. The third-order valence-corrected chi connectivity index (χ3v) is 6.32. The van der Waals surface area contributed by atoms with Crippen molar-refractivity contribution in [2.45, 2.75) is 6.92 Å². The van der Waals surface area contributed by atoms with Gasteiger partial charge in [-0.15, -0.1) is 0 Å². The van der Waals surface area contributed by atoms with Gasteiger partial charge in [0.2, 0.25) is 0 Å². The number of hydrogen-bond acceptors (Lipinski definition) is 6. The second kappa shape index (κ2) is 11.0. The number of rotatable bonds is 7. The minimum atomic E-state index is -0.218. The molecule has 0 saturated carbocycles. The number of hydrogen-bond donors (Lipinski definition) is 1. The van der Waals surface area contributed by atoms with E-state index in [1.807, 2.05) is 48.2 Å². The normalized spacial score (nSPS) is 13.2. The lowest BCUT2D eigenvalue weighted by atomic mass is 10.1. The van der Waals surface area contributed by atoms with Crippen LogP contribution in [0.2, 0.25) is 0 Å². The molecule has 8 heteroatoms. The van der Waals surface area contributed by atoms with Crippen LogP contribution in [0.25, 0.3) is 0 Å². The van der Waals surface area contributed by atoms with Crippen molar-refractivity contribution < 1.29 is 23.8 Å². The van der Waals surface area contributed by atoms with Gasteiger partial charge in [-0.05, 0) is 55.0 Å². The summed E-state index contributed by atoms with van der Waals surface area (Å²) < 4.78 is 16.0. The number of nitrogens with one attached hydrogen (secondary N) is 1. The van der Waals surface area contributed by atoms with Crippen molar-refractivity contribution in [2.24, 2.45) is 0 Å². The van der Waals surface area contributed by atoms with Gasteiger partial charge in [0.15, 0.2) is 0 Å². The first-order chi connectivity index (χ1) is 17.4. The lowest BCUT2D eigenvalue weighted by Gasteiger charge is -2.36. The first kappa shape index (κ1) is 24.9. The summed E-state index contributed by atoms with van der Waals surface area (Å²) in [4.78, 5) is 29.9. The number of piperazine rings is 1. The van der Waals surface area contributed by atoms with E-state index >= 15 is 0 Å². The average Bonchev–Trinajstić information content (AvgIpc) is 2.92. The first-order valence-electron chi connectivity index (χ1n) is 11.8. The van der Waals surface area contributed by atoms with Crippen LogP contribution in [0, 0.1) is 6.92 Å². The van der Waals surface area contributed by atoms with E-state index in [-0.39, 0.29) is 11.8 Å². The number of carbonyl (C=O) groups excluding carboxylic acids is 2. The summed E-state index contributed by atoms with van der Waals surface area (Å²) in [7, 11) is 4.70. The van der Waals surface area contributed by atoms with Gasteiger partial charge in [0.25, 0.3) is 11.8 Å². The molecule has 1 aliphatic rings. The van der Waals surface area contributed by atoms with Crippen LogP contribution < -0.4 is 24.4 Å². The molecule has 3 aromatic carbocycles. The molecule has 188 valence electrons. The van der Waals surface area contributed by atoms with Gasteiger partial charge < -0.3 is 29.3 Å². The number of amides is 2. The molecule has 0 spiro atoms. The highest BCUT2D eigenvalue weighted by Crippen LogP contribution is 2.26. The van der Waals surface area contributed by atoms with Crippen molar-refractivity contribution in [1.29, 1.82) is 0 Å². The topological polar surface area (TPSA) is 80.3 Å². The Balaban J connectivity index is 1.37. The summed E-state index contributed by atoms with van der Waals surface area (Å²) in [5.41, 5.74) is 3.69. The second-order valence-corrected chi connectivity index (χ2v) is 8.54. The molecule has 1 saturated heterocycles. The quantitative estimate of drug-likeness (QED) is 0.535. The number of anilines is 2. The summed E-state index contributed by atoms with van der Waals surface area (Å²) in [6.45, 7) is 4.53. The number of benzene rings is 3. The van der Waals surface area contributed by atoms with E-state index in [1.165, 1.54) is 0 Å². The molecule has 1 aliphatic heterocycles. The molecule has 2 amide bonds. The zero-order valence-electron chi connectivity index (χ0n) is 21.0. The van der Waals surface area contributed by atoms with Gasteiger partial charge in [-0.1, -0.05) is 12.1 Å². The van der Waals surface area contributed by atoms with Crippen molar-refractivity contribution >= 4 is 23.2 Å². The monoisotopic (exact) mass is 489 g/mol. The molecule has 0 unspecified atom stereocenters. The maximum absolute atomic E-state index is 13.1. The Morgan fingerprint density at radius 3 is 2.03 bits per heavy atom. The third-order valence-electron chi connectivity index (χ3n) is 6.32. The van der Waals surface area contributed by atoms with Gasteiger partial charge in [-0.25, -0.2) is 0 Å². The van der Waals surface area contributed by atoms with Crippen molar-refractivity contribution in [3.8, 4) is 17.2 Å². The molecular weight excluding hydrogens is 458 g/mol. The van der Waals surface area contributed by atoms with Crippen LogP contribution >= 0.6 is 0 Å². The number of para-hydroxylation sites is 1. The fraction of sp³-hybridized carbons (Fsp3) is 0.286. The Bertz CT molecular complexity index is 1210. The zero-order chi connectivity index (χ0) is 25.7. The van der Waals surface area contributed by atoms with Crippen molar-refractivity contribution in [3.63, 3.8) is 0 Å². The average molecular weight is 490 g/mol. The van der Waals surface area contributed by atoms with E-state index in [0.717, 1.165) is 11.3 Å². The molecule has 36 heavy (non-hydrogen) atoms. The summed E-state index contributed by atoms with van der Waals surface area (Å²) in [5, 5.41) is 2.94. The molecule has 0 atom stereocenters. The smallest absolute Gasteiger partial charge is 0.259 e. The Labute approximate surface area is 211 Å². The highest BCUT2D eigenvalue weighted by Gasteiger charge is 2.23. The molecule has 0 aromatic heterocycles. The van der Waals surface area contributed by atoms with Crippen LogP contribution in [0.5, 0.6) is 17.2 Å². The standard InChI is InChI=1S/C28H31N3O5/c1-19-6-5-7-25(26(19)36-4)27(32)29-21-8-10-22(11-9-21)30-12-14-31(15-13-30)28(33)20-16-23(34-2)18-24(17-20)35-3/h5-11,16-18H,12-15H2,1-4H3,(H,29,32). The molecule has 0 bridgehead atoms. The van der Waals surface area contributed by atoms with Gasteiger partial charge in [0.05, 0.1) is 26.9 Å². The van der Waals surface area contributed by atoms with Gasteiger partial charge in [-0.2, -0.15) is 0 Å². The fourth-order valence-corrected chi connectivity index (χ4v) is 4.34. The largest absolute Gasteiger partial charge is 0.497 e. The summed E-state index contributed by atoms with van der Waals surface area (Å²) in [6, 6.07) is 18.4. The van der Waals surface area contributed by atoms with Gasteiger partial charge in [0.1, 0.15) is 17.2 Å². The van der Waals surface area contributed by atoms with E-state index in [0.29, 0.717) is 60.2 Å².